The molecule has 1 aromatic heterocycles. The number of aromatic nitrogens is 2. The SMILES string of the molecule is CNC(=O)C(CCC=O)N(C)C(=O)c1cc(N2CCCC(CN3CCC4(CC3)CN(c3cnc(C=O)cn3)C4)CC2)ccc1C=O. The highest BCUT2D eigenvalue weighted by Gasteiger charge is 2.45. The minimum absolute atomic E-state index is 0.150. The number of likely N-dealkylation sites (tertiary alicyclic amines) is 1. The smallest absolute Gasteiger partial charge is 0.255 e. The zero-order valence-electron chi connectivity index (χ0n) is 26.9. The van der Waals surface area contributed by atoms with E-state index < -0.39 is 11.9 Å². The number of nitrogens with zero attached hydrogens (tertiary/aromatic N) is 6. The van der Waals surface area contributed by atoms with Crippen molar-refractivity contribution in [2.24, 2.45) is 11.3 Å². The number of likely N-dealkylation sites (N-methyl/N-ethyl adjacent to an activating group) is 2. The predicted octanol–water partition coefficient (Wildman–Crippen LogP) is 2.48. The van der Waals surface area contributed by atoms with Crippen molar-refractivity contribution < 1.29 is 24.0 Å². The highest BCUT2D eigenvalue weighted by molar-refractivity contribution is 6.04. The van der Waals surface area contributed by atoms with Gasteiger partial charge >= 0.3 is 0 Å². The molecule has 0 aliphatic carbocycles. The number of hydrogen-bond donors (Lipinski definition) is 1. The number of rotatable bonds is 12. The lowest BCUT2D eigenvalue weighted by molar-refractivity contribution is -0.125. The first-order valence-corrected chi connectivity index (χ1v) is 16.3. The summed E-state index contributed by atoms with van der Waals surface area (Å²) in [7, 11) is 3.04. The van der Waals surface area contributed by atoms with Crippen molar-refractivity contribution in [1.29, 1.82) is 0 Å². The third-order valence-corrected chi connectivity index (χ3v) is 10.1. The molecule has 3 aliphatic rings. The van der Waals surface area contributed by atoms with Crippen LogP contribution in [0.4, 0.5) is 11.5 Å². The zero-order chi connectivity index (χ0) is 32.7. The van der Waals surface area contributed by atoms with Gasteiger partial charge < -0.3 is 29.7 Å². The van der Waals surface area contributed by atoms with Crippen LogP contribution in [0, 0.1) is 11.3 Å². The Balaban J connectivity index is 1.14. The van der Waals surface area contributed by atoms with E-state index in [1.807, 2.05) is 6.07 Å². The number of hydrogen-bond acceptors (Lipinski definition) is 10. The van der Waals surface area contributed by atoms with Crippen LogP contribution in [0.15, 0.2) is 30.6 Å². The lowest BCUT2D eigenvalue weighted by Gasteiger charge is -2.54. The fraction of sp³-hybridized carbons (Fsp3) is 0.559. The molecule has 5 rings (SSSR count). The second-order valence-corrected chi connectivity index (χ2v) is 13.0. The molecular formula is C34H45N7O5. The molecular weight excluding hydrogens is 586 g/mol. The van der Waals surface area contributed by atoms with E-state index in [1.54, 1.807) is 18.3 Å². The average molecular weight is 632 g/mol. The molecule has 0 saturated carbocycles. The number of piperidine rings is 1. The van der Waals surface area contributed by atoms with Crippen LogP contribution in [0.5, 0.6) is 0 Å². The molecule has 1 aromatic carbocycles. The molecule has 246 valence electrons. The largest absolute Gasteiger partial charge is 0.372 e. The molecule has 2 aromatic rings. The van der Waals surface area contributed by atoms with Crippen molar-refractivity contribution >= 4 is 42.2 Å². The molecule has 2 atom stereocenters. The van der Waals surface area contributed by atoms with Crippen LogP contribution in [0.2, 0.25) is 0 Å². The molecule has 1 spiro atoms. The number of carbonyl (C=O) groups is 5. The van der Waals surface area contributed by atoms with Crippen LogP contribution in [0.3, 0.4) is 0 Å². The molecule has 0 bridgehead atoms. The molecule has 1 N–H and O–H groups in total. The Morgan fingerprint density at radius 1 is 1.02 bits per heavy atom. The van der Waals surface area contributed by atoms with Crippen molar-refractivity contribution in [2.45, 2.75) is 51.0 Å². The lowest BCUT2D eigenvalue weighted by Crippen LogP contribution is -2.61. The Kier molecular flexibility index (Phi) is 10.8. The van der Waals surface area contributed by atoms with Gasteiger partial charge in [0, 0.05) is 69.9 Å². The fourth-order valence-corrected chi connectivity index (χ4v) is 7.23. The third-order valence-electron chi connectivity index (χ3n) is 10.1. The Hall–Kier alpha value is -4.19. The average Bonchev–Trinajstić information content (AvgIpc) is 3.32. The Bertz CT molecular complexity index is 1400. The van der Waals surface area contributed by atoms with E-state index in [0.717, 1.165) is 82.9 Å². The minimum Gasteiger partial charge on any atom is -0.372 e. The van der Waals surface area contributed by atoms with Gasteiger partial charge in [0.1, 0.15) is 23.8 Å². The van der Waals surface area contributed by atoms with Gasteiger partial charge in [-0.1, -0.05) is 0 Å². The number of aldehydes is 3. The molecule has 46 heavy (non-hydrogen) atoms. The van der Waals surface area contributed by atoms with Crippen LogP contribution in [-0.2, 0) is 9.59 Å². The maximum Gasteiger partial charge on any atom is 0.255 e. The monoisotopic (exact) mass is 631 g/mol. The first kappa shape index (κ1) is 33.2. The maximum absolute atomic E-state index is 13.6. The third kappa shape index (κ3) is 7.43. The van der Waals surface area contributed by atoms with Gasteiger partial charge in [-0.05, 0) is 75.7 Å². The summed E-state index contributed by atoms with van der Waals surface area (Å²) in [4.78, 5) is 76.8. The number of nitrogens with one attached hydrogen (secondary N) is 1. The van der Waals surface area contributed by atoms with Gasteiger partial charge in [0.05, 0.1) is 18.0 Å². The summed E-state index contributed by atoms with van der Waals surface area (Å²) < 4.78 is 0. The van der Waals surface area contributed by atoms with E-state index in [0.29, 0.717) is 29.6 Å². The highest BCUT2D eigenvalue weighted by atomic mass is 16.2. The summed E-state index contributed by atoms with van der Waals surface area (Å²) in [5.41, 5.74) is 2.13. The van der Waals surface area contributed by atoms with Crippen LogP contribution >= 0.6 is 0 Å². The van der Waals surface area contributed by atoms with Gasteiger partial charge in [-0.2, -0.15) is 0 Å². The summed E-state index contributed by atoms with van der Waals surface area (Å²) in [5.74, 6) is 0.665. The second-order valence-electron chi connectivity index (χ2n) is 13.0. The van der Waals surface area contributed by atoms with E-state index in [1.165, 1.54) is 38.0 Å². The minimum atomic E-state index is -0.811. The summed E-state index contributed by atoms with van der Waals surface area (Å²) in [5, 5.41) is 2.57. The number of amides is 2. The van der Waals surface area contributed by atoms with Crippen molar-refractivity contribution in [2.75, 3.05) is 69.7 Å². The van der Waals surface area contributed by atoms with Crippen molar-refractivity contribution in [3.8, 4) is 0 Å². The van der Waals surface area contributed by atoms with Crippen LogP contribution in [0.1, 0.15) is 76.2 Å². The van der Waals surface area contributed by atoms with Crippen LogP contribution < -0.4 is 15.1 Å². The van der Waals surface area contributed by atoms with Crippen molar-refractivity contribution in [3.05, 3.63) is 47.4 Å². The van der Waals surface area contributed by atoms with Crippen molar-refractivity contribution in [1.82, 2.24) is 25.1 Å². The standard InChI is InChI=1S/C34H45N7O5/c1-35-32(45)30(6-4-16-42)38(2)33(46)29-17-28(8-7-26(29)21-43)40-12-3-5-25(9-13-40)20-39-14-10-34(11-15-39)23-41(24-34)31-19-36-27(22-44)18-37-31/h7-8,16-19,21-22,25,30H,3-6,9-15,20,23-24H2,1-2H3,(H,35,45). The molecule has 3 fully saturated rings. The molecule has 12 nitrogen and oxygen atoms in total. The van der Waals surface area contributed by atoms with E-state index >= 15 is 0 Å². The van der Waals surface area contributed by atoms with E-state index in [-0.39, 0.29) is 29.9 Å². The van der Waals surface area contributed by atoms with Crippen LogP contribution in [0.25, 0.3) is 0 Å². The Morgan fingerprint density at radius 2 is 1.80 bits per heavy atom. The predicted molar refractivity (Wildman–Crippen MR) is 174 cm³/mol. The summed E-state index contributed by atoms with van der Waals surface area (Å²) in [6.07, 6.45) is 11.3. The van der Waals surface area contributed by atoms with Gasteiger partial charge in [0.25, 0.3) is 5.91 Å². The summed E-state index contributed by atoms with van der Waals surface area (Å²) >= 11 is 0. The zero-order valence-corrected chi connectivity index (χ0v) is 26.9. The Morgan fingerprint density at radius 3 is 2.46 bits per heavy atom. The molecule has 2 amide bonds. The van der Waals surface area contributed by atoms with E-state index in [2.05, 4.69) is 30.0 Å². The van der Waals surface area contributed by atoms with Gasteiger partial charge in [-0.3, -0.25) is 19.2 Å². The fourth-order valence-electron chi connectivity index (χ4n) is 7.23. The molecule has 12 heteroatoms. The quantitative estimate of drug-likeness (QED) is 0.348. The van der Waals surface area contributed by atoms with Gasteiger partial charge in [0.15, 0.2) is 12.6 Å². The second kappa shape index (κ2) is 14.9. The lowest BCUT2D eigenvalue weighted by atomic mass is 9.72. The highest BCUT2D eigenvalue weighted by Crippen LogP contribution is 2.42. The molecule has 3 saturated heterocycles. The van der Waals surface area contributed by atoms with Crippen molar-refractivity contribution in [3.63, 3.8) is 0 Å². The topological polar surface area (TPSA) is 136 Å². The number of carbonyl (C=O) groups excluding carboxylic acids is 5. The van der Waals surface area contributed by atoms with Crippen LogP contribution in [-0.4, -0.2) is 116 Å². The first-order chi connectivity index (χ1) is 22.3. The summed E-state index contributed by atoms with van der Waals surface area (Å²) in [6, 6.07) is 4.55. The number of anilines is 2. The maximum atomic E-state index is 13.6. The first-order valence-electron chi connectivity index (χ1n) is 16.3. The molecule has 2 unspecified atom stereocenters. The molecule has 4 heterocycles. The van der Waals surface area contributed by atoms with E-state index in [4.69, 9.17) is 0 Å². The van der Waals surface area contributed by atoms with Gasteiger partial charge in [-0.15, -0.1) is 0 Å². The normalized spacial score (nSPS) is 20.3. The summed E-state index contributed by atoms with van der Waals surface area (Å²) in [6.45, 7) is 7.00. The van der Waals surface area contributed by atoms with Gasteiger partial charge in [0.2, 0.25) is 5.91 Å². The Labute approximate surface area is 270 Å². The number of benzene rings is 1. The van der Waals surface area contributed by atoms with E-state index in [9.17, 15) is 24.0 Å². The molecule has 0 radical (unpaired) electrons. The molecule has 3 aliphatic heterocycles. The van der Waals surface area contributed by atoms with Gasteiger partial charge in [-0.25, -0.2) is 9.97 Å².